The van der Waals surface area contributed by atoms with Gasteiger partial charge in [0, 0.05) is 0 Å². The molecule has 0 bridgehead atoms. The van der Waals surface area contributed by atoms with Crippen LogP contribution in [0.1, 0.15) is 40.0 Å². The normalized spacial score (nSPS) is 12.1. The molecular formula is C9H19LaO2+2. The second-order valence-corrected chi connectivity index (χ2v) is 3.80. The molecule has 0 radical (unpaired) electrons. The quantitative estimate of drug-likeness (QED) is 0.672. The Balaban J connectivity index is 3.76. The van der Waals surface area contributed by atoms with E-state index in [0.717, 1.165) is 32.5 Å². The molecule has 0 amide bonds. The van der Waals surface area contributed by atoms with Crippen molar-refractivity contribution in [3.05, 3.63) is 0 Å². The molecule has 0 N–H and O–H groups in total. The van der Waals surface area contributed by atoms with Crippen LogP contribution in [0, 0.1) is 34.3 Å². The van der Waals surface area contributed by atoms with E-state index in [0.29, 0.717) is 34.3 Å². The maximum atomic E-state index is 5.62. The summed E-state index contributed by atoms with van der Waals surface area (Å²) in [6.07, 6.45) is 3.21. The van der Waals surface area contributed by atoms with Gasteiger partial charge in [-0.3, -0.25) is 0 Å². The maximum absolute atomic E-state index is 5.62. The van der Waals surface area contributed by atoms with E-state index in [2.05, 4.69) is 20.8 Å². The number of rotatable bonds is 7. The first-order chi connectivity index (χ1) is 5.74. The molecule has 0 rings (SSSR count). The fourth-order valence-electron chi connectivity index (χ4n) is 1.06. The summed E-state index contributed by atoms with van der Waals surface area (Å²) >= 11 is 0.611. The molecule has 12 heavy (non-hydrogen) atoms. The van der Waals surface area contributed by atoms with Crippen molar-refractivity contribution >= 4 is 0 Å². The van der Waals surface area contributed by atoms with E-state index in [-0.39, 0.29) is 5.60 Å². The van der Waals surface area contributed by atoms with E-state index in [9.17, 15) is 0 Å². The number of hydrogen-bond donors (Lipinski definition) is 0. The molecule has 0 aliphatic carbocycles. The summed E-state index contributed by atoms with van der Waals surface area (Å²) < 4.78 is 11.1. The van der Waals surface area contributed by atoms with Crippen LogP contribution in [0.3, 0.4) is 0 Å². The third-order valence-corrected chi connectivity index (χ3v) is 3.82. The van der Waals surface area contributed by atoms with Gasteiger partial charge in [-0.05, 0) is 0 Å². The third kappa shape index (κ3) is 4.38. The van der Waals surface area contributed by atoms with Crippen molar-refractivity contribution in [2.45, 2.75) is 45.6 Å². The fraction of sp³-hybridized carbons (Fsp3) is 1.00. The van der Waals surface area contributed by atoms with Gasteiger partial charge >= 0.3 is 99.6 Å². The standard InChI is InChI=1S/C9H19O2.La/c1-4-7-11-8-9(10,5-2)6-3;/h4-8H2,1-3H3;/q-1;+3. The van der Waals surface area contributed by atoms with Gasteiger partial charge in [-0.15, -0.1) is 0 Å². The Morgan fingerprint density at radius 1 is 1.17 bits per heavy atom. The molecule has 0 saturated heterocycles. The molecule has 3 heteroatoms. The van der Waals surface area contributed by atoms with Crippen molar-refractivity contribution in [3.8, 4) is 0 Å². The van der Waals surface area contributed by atoms with Gasteiger partial charge < -0.3 is 0 Å². The van der Waals surface area contributed by atoms with Crippen molar-refractivity contribution in [2.75, 3.05) is 13.2 Å². The number of hydrogen-bond acceptors (Lipinski definition) is 2. The molecule has 0 aromatic carbocycles. The van der Waals surface area contributed by atoms with Gasteiger partial charge in [-0.2, -0.15) is 0 Å². The van der Waals surface area contributed by atoms with E-state index < -0.39 is 0 Å². The zero-order valence-corrected chi connectivity index (χ0v) is 12.1. The molecule has 68 valence electrons. The second kappa shape index (κ2) is 7.51. The van der Waals surface area contributed by atoms with Crippen molar-refractivity contribution in [3.63, 3.8) is 0 Å². The first kappa shape index (κ1) is 13.1. The van der Waals surface area contributed by atoms with Crippen LogP contribution in [-0.4, -0.2) is 18.8 Å². The van der Waals surface area contributed by atoms with Gasteiger partial charge in [0.05, 0.1) is 0 Å². The molecule has 0 aliphatic heterocycles. The Hall–Kier alpha value is 1.11. The minimum absolute atomic E-state index is 0.0276. The summed E-state index contributed by atoms with van der Waals surface area (Å²) in [6, 6.07) is 0. The SMILES string of the molecule is CCCOCC(CC)(CC)[O][La+2]. The minimum atomic E-state index is 0.0276. The van der Waals surface area contributed by atoms with Gasteiger partial charge in [0.15, 0.2) is 0 Å². The van der Waals surface area contributed by atoms with Gasteiger partial charge in [-0.1, -0.05) is 0 Å². The van der Waals surface area contributed by atoms with Crippen LogP contribution in [0.2, 0.25) is 0 Å². The van der Waals surface area contributed by atoms with Crippen LogP contribution in [0.5, 0.6) is 0 Å². The van der Waals surface area contributed by atoms with E-state index in [4.69, 9.17) is 6.44 Å². The summed E-state index contributed by atoms with van der Waals surface area (Å²) in [4.78, 5) is 0. The second-order valence-electron chi connectivity index (χ2n) is 3.06. The van der Waals surface area contributed by atoms with Gasteiger partial charge in [0.25, 0.3) is 0 Å². The molecule has 0 spiro atoms. The third-order valence-electron chi connectivity index (χ3n) is 2.25. The van der Waals surface area contributed by atoms with Crippen molar-refractivity contribution < 1.29 is 40.7 Å². The molecule has 0 saturated carbocycles. The van der Waals surface area contributed by atoms with E-state index in [1.54, 1.807) is 0 Å². The monoisotopic (exact) mass is 298 g/mol. The van der Waals surface area contributed by atoms with Gasteiger partial charge in [0.2, 0.25) is 0 Å². The van der Waals surface area contributed by atoms with E-state index in [1.165, 1.54) is 0 Å². The van der Waals surface area contributed by atoms with Crippen LogP contribution in [0.25, 0.3) is 0 Å². The van der Waals surface area contributed by atoms with Crippen molar-refractivity contribution in [2.24, 2.45) is 0 Å². The Morgan fingerprint density at radius 3 is 2.08 bits per heavy atom. The van der Waals surface area contributed by atoms with Crippen molar-refractivity contribution in [1.29, 1.82) is 0 Å². The molecule has 0 aromatic rings. The summed E-state index contributed by atoms with van der Waals surface area (Å²) in [5.41, 5.74) is 0.0276. The predicted octanol–water partition coefficient (Wildman–Crippen LogP) is 2.45. The Morgan fingerprint density at radius 2 is 1.75 bits per heavy atom. The van der Waals surface area contributed by atoms with Crippen LogP contribution in [-0.2, 0) is 6.44 Å². The Kier molecular flexibility index (Phi) is 8.21. The zero-order valence-electron chi connectivity index (χ0n) is 8.43. The molecular weight excluding hydrogens is 279 g/mol. The van der Waals surface area contributed by atoms with E-state index >= 15 is 0 Å². The topological polar surface area (TPSA) is 18.5 Å². The average Bonchev–Trinajstić information content (AvgIpc) is 2.14. The first-order valence-corrected chi connectivity index (χ1v) is 6.18. The predicted molar refractivity (Wildman–Crippen MR) is 45.5 cm³/mol. The zero-order chi connectivity index (χ0) is 9.45. The molecule has 0 aliphatic rings. The molecule has 0 unspecified atom stereocenters. The van der Waals surface area contributed by atoms with Crippen LogP contribution < -0.4 is 0 Å². The van der Waals surface area contributed by atoms with Gasteiger partial charge in [0.1, 0.15) is 0 Å². The molecule has 0 fully saturated rings. The van der Waals surface area contributed by atoms with Gasteiger partial charge in [-0.25, -0.2) is 0 Å². The molecule has 2 nitrogen and oxygen atoms in total. The average molecular weight is 298 g/mol. The van der Waals surface area contributed by atoms with Crippen LogP contribution in [0.15, 0.2) is 0 Å². The van der Waals surface area contributed by atoms with E-state index in [1.807, 2.05) is 0 Å². The Bertz CT molecular complexity index is 94.4. The number of ether oxygens (including phenoxy) is 1. The summed E-state index contributed by atoms with van der Waals surface area (Å²) in [6.45, 7) is 8.09. The molecule has 0 aromatic heterocycles. The summed E-state index contributed by atoms with van der Waals surface area (Å²) in [5, 5.41) is 0. The van der Waals surface area contributed by atoms with Crippen LogP contribution >= 0.6 is 0 Å². The van der Waals surface area contributed by atoms with Crippen LogP contribution in [0.4, 0.5) is 0 Å². The summed E-state index contributed by atoms with van der Waals surface area (Å²) in [5.74, 6) is 0. The fourth-order valence-corrected chi connectivity index (χ4v) is 2.32. The molecule has 0 heterocycles. The molecule has 0 atom stereocenters. The Labute approximate surface area is 98.9 Å². The summed E-state index contributed by atoms with van der Waals surface area (Å²) in [7, 11) is 0. The first-order valence-electron chi connectivity index (χ1n) is 4.70. The van der Waals surface area contributed by atoms with Crippen molar-refractivity contribution in [1.82, 2.24) is 0 Å².